The van der Waals surface area contributed by atoms with Gasteiger partial charge in [-0.1, -0.05) is 20.8 Å². The lowest BCUT2D eigenvalue weighted by Crippen LogP contribution is -2.50. The van der Waals surface area contributed by atoms with Gasteiger partial charge in [-0.05, 0) is 69.4 Å². The lowest BCUT2D eigenvalue weighted by Gasteiger charge is -2.43. The van der Waals surface area contributed by atoms with Crippen LogP contribution in [0.4, 0.5) is 0 Å². The summed E-state index contributed by atoms with van der Waals surface area (Å²) in [4.78, 5) is 19.3. The fraction of sp³-hybridized carbons (Fsp3) is 0.955. The molecule has 2 saturated heterocycles. The Bertz CT molecular complexity index is 429. The molecule has 0 aromatic heterocycles. The van der Waals surface area contributed by atoms with E-state index < -0.39 is 0 Å². The minimum Gasteiger partial charge on any atom is -0.340 e. The van der Waals surface area contributed by atoms with E-state index in [1.165, 1.54) is 58.2 Å². The van der Waals surface area contributed by atoms with Crippen LogP contribution in [0.5, 0.6) is 0 Å². The van der Waals surface area contributed by atoms with Crippen LogP contribution in [0.15, 0.2) is 0 Å². The number of nitrogens with zero attached hydrogens (tertiary/aromatic N) is 3. The molecule has 2 heterocycles. The van der Waals surface area contributed by atoms with Crippen LogP contribution in [-0.4, -0.2) is 72.5 Å². The van der Waals surface area contributed by atoms with Crippen molar-refractivity contribution in [2.75, 3.05) is 45.8 Å². The van der Waals surface area contributed by atoms with Gasteiger partial charge in [-0.25, -0.2) is 0 Å². The molecule has 26 heavy (non-hydrogen) atoms. The molecule has 0 unspecified atom stereocenters. The smallest absolute Gasteiger partial charge is 0.222 e. The first-order valence-corrected chi connectivity index (χ1v) is 11.3. The van der Waals surface area contributed by atoms with E-state index in [2.05, 4.69) is 23.6 Å². The minimum atomic E-state index is 0.325. The highest BCUT2D eigenvalue weighted by Crippen LogP contribution is 2.32. The van der Waals surface area contributed by atoms with Crippen molar-refractivity contribution in [3.63, 3.8) is 0 Å². The molecule has 4 nitrogen and oxygen atoms in total. The zero-order valence-electron chi connectivity index (χ0n) is 17.5. The first-order chi connectivity index (χ1) is 12.6. The molecule has 0 bridgehead atoms. The lowest BCUT2D eigenvalue weighted by atomic mass is 9.82. The monoisotopic (exact) mass is 363 g/mol. The number of carbonyl (C=O) groups is 1. The van der Waals surface area contributed by atoms with Crippen LogP contribution in [0.1, 0.15) is 65.7 Å². The first-order valence-electron chi connectivity index (χ1n) is 11.3. The summed E-state index contributed by atoms with van der Waals surface area (Å²) in [5, 5.41) is 0. The number of likely N-dealkylation sites (tertiary alicyclic amines) is 1. The van der Waals surface area contributed by atoms with Gasteiger partial charge in [-0.15, -0.1) is 0 Å². The molecule has 2 aliphatic heterocycles. The molecular weight excluding hydrogens is 322 g/mol. The highest BCUT2D eigenvalue weighted by Gasteiger charge is 2.31. The fourth-order valence-corrected chi connectivity index (χ4v) is 5.41. The Balaban J connectivity index is 1.34. The van der Waals surface area contributed by atoms with E-state index >= 15 is 0 Å². The second kappa shape index (κ2) is 9.54. The van der Waals surface area contributed by atoms with E-state index in [1.54, 1.807) is 0 Å². The summed E-state index contributed by atoms with van der Waals surface area (Å²) in [6.45, 7) is 14.7. The van der Waals surface area contributed by atoms with Gasteiger partial charge < -0.3 is 9.80 Å². The number of hydrogen-bond donors (Lipinski definition) is 0. The molecule has 3 aliphatic rings. The molecule has 4 heteroatoms. The minimum absolute atomic E-state index is 0.325. The predicted molar refractivity (Wildman–Crippen MR) is 108 cm³/mol. The molecule has 1 aliphatic carbocycles. The van der Waals surface area contributed by atoms with Crippen LogP contribution >= 0.6 is 0 Å². The van der Waals surface area contributed by atoms with E-state index in [4.69, 9.17) is 0 Å². The second-order valence-electron chi connectivity index (χ2n) is 9.33. The Morgan fingerprint density at radius 1 is 0.885 bits per heavy atom. The van der Waals surface area contributed by atoms with Gasteiger partial charge >= 0.3 is 0 Å². The third-order valence-electron chi connectivity index (χ3n) is 7.39. The Morgan fingerprint density at radius 3 is 2.04 bits per heavy atom. The number of rotatable bonds is 5. The molecule has 1 saturated carbocycles. The van der Waals surface area contributed by atoms with E-state index in [0.29, 0.717) is 12.3 Å². The van der Waals surface area contributed by atoms with Gasteiger partial charge in [0.1, 0.15) is 0 Å². The van der Waals surface area contributed by atoms with Gasteiger partial charge in [0.25, 0.3) is 0 Å². The topological polar surface area (TPSA) is 26.8 Å². The van der Waals surface area contributed by atoms with Crippen LogP contribution in [0.3, 0.4) is 0 Å². The van der Waals surface area contributed by atoms with Gasteiger partial charge in [0, 0.05) is 45.2 Å². The molecule has 3 rings (SSSR count). The molecular formula is C22H41N3O. The van der Waals surface area contributed by atoms with Crippen LogP contribution in [0.25, 0.3) is 0 Å². The van der Waals surface area contributed by atoms with Gasteiger partial charge in [0.05, 0.1) is 0 Å². The normalized spacial score (nSPS) is 30.1. The SMILES string of the molecule is CCC(=O)N1CCN(CC2CCC(N3CCC(C(C)C)CC3)CC2)CC1. The van der Waals surface area contributed by atoms with Crippen LogP contribution in [-0.2, 0) is 4.79 Å². The van der Waals surface area contributed by atoms with E-state index in [0.717, 1.165) is 50.0 Å². The summed E-state index contributed by atoms with van der Waals surface area (Å²) >= 11 is 0. The number of piperazine rings is 1. The summed E-state index contributed by atoms with van der Waals surface area (Å²) in [7, 11) is 0. The van der Waals surface area contributed by atoms with Crippen molar-refractivity contribution in [1.82, 2.24) is 14.7 Å². The standard InChI is InChI=1S/C22H41N3O/c1-4-22(26)25-15-13-23(14-16-25)17-19-5-7-21(8-6-19)24-11-9-20(10-12-24)18(2)3/h18-21H,4-17H2,1-3H3. The van der Waals surface area contributed by atoms with Gasteiger partial charge in [0.2, 0.25) is 5.91 Å². The molecule has 0 aromatic rings. The Kier molecular flexibility index (Phi) is 7.39. The number of amides is 1. The fourth-order valence-electron chi connectivity index (χ4n) is 5.41. The molecule has 1 amide bonds. The maximum Gasteiger partial charge on any atom is 0.222 e. The summed E-state index contributed by atoms with van der Waals surface area (Å²) in [5.41, 5.74) is 0. The van der Waals surface area contributed by atoms with Crippen LogP contribution in [0, 0.1) is 17.8 Å². The maximum absolute atomic E-state index is 11.8. The predicted octanol–water partition coefficient (Wildman–Crippen LogP) is 3.47. The number of hydrogen-bond acceptors (Lipinski definition) is 3. The summed E-state index contributed by atoms with van der Waals surface area (Å²) in [6, 6.07) is 0.860. The quantitative estimate of drug-likeness (QED) is 0.748. The molecule has 3 fully saturated rings. The van der Waals surface area contributed by atoms with Crippen molar-refractivity contribution in [2.24, 2.45) is 17.8 Å². The van der Waals surface area contributed by atoms with Crippen molar-refractivity contribution in [3.8, 4) is 0 Å². The largest absolute Gasteiger partial charge is 0.340 e. The lowest BCUT2D eigenvalue weighted by molar-refractivity contribution is -0.132. The number of carbonyl (C=O) groups excluding carboxylic acids is 1. The molecule has 0 N–H and O–H groups in total. The van der Waals surface area contributed by atoms with Crippen molar-refractivity contribution < 1.29 is 4.79 Å². The van der Waals surface area contributed by atoms with Crippen LogP contribution in [0.2, 0.25) is 0 Å². The molecule has 0 atom stereocenters. The average Bonchev–Trinajstić information content (AvgIpc) is 2.68. The van der Waals surface area contributed by atoms with E-state index in [1.807, 2.05) is 11.8 Å². The average molecular weight is 364 g/mol. The Hall–Kier alpha value is -0.610. The van der Waals surface area contributed by atoms with Crippen LogP contribution < -0.4 is 0 Å². The molecule has 0 aromatic carbocycles. The van der Waals surface area contributed by atoms with Gasteiger partial charge in [-0.2, -0.15) is 0 Å². The van der Waals surface area contributed by atoms with Crippen molar-refractivity contribution >= 4 is 5.91 Å². The van der Waals surface area contributed by atoms with E-state index in [9.17, 15) is 4.79 Å². The maximum atomic E-state index is 11.8. The first kappa shape index (κ1) is 20.1. The summed E-state index contributed by atoms with van der Waals surface area (Å²) in [6.07, 6.45) is 9.11. The number of piperidine rings is 1. The van der Waals surface area contributed by atoms with E-state index in [-0.39, 0.29) is 0 Å². The Labute approximate surface area is 161 Å². The highest BCUT2D eigenvalue weighted by molar-refractivity contribution is 5.75. The van der Waals surface area contributed by atoms with Gasteiger partial charge in [0.15, 0.2) is 0 Å². The van der Waals surface area contributed by atoms with Crippen molar-refractivity contribution in [2.45, 2.75) is 71.8 Å². The summed E-state index contributed by atoms with van der Waals surface area (Å²) in [5.74, 6) is 3.03. The Morgan fingerprint density at radius 2 is 1.50 bits per heavy atom. The zero-order chi connectivity index (χ0) is 18.5. The van der Waals surface area contributed by atoms with Crippen molar-refractivity contribution in [1.29, 1.82) is 0 Å². The highest BCUT2D eigenvalue weighted by atomic mass is 16.2. The molecule has 0 radical (unpaired) electrons. The molecule has 150 valence electrons. The van der Waals surface area contributed by atoms with Gasteiger partial charge in [-0.3, -0.25) is 9.69 Å². The second-order valence-corrected chi connectivity index (χ2v) is 9.33. The molecule has 0 spiro atoms. The third kappa shape index (κ3) is 5.22. The zero-order valence-corrected chi connectivity index (χ0v) is 17.5. The third-order valence-corrected chi connectivity index (χ3v) is 7.39. The van der Waals surface area contributed by atoms with Crippen molar-refractivity contribution in [3.05, 3.63) is 0 Å². The summed E-state index contributed by atoms with van der Waals surface area (Å²) < 4.78 is 0.